The molecule has 200 valence electrons. The summed E-state index contributed by atoms with van der Waals surface area (Å²) in [5.74, 6) is -0.976. The molecule has 0 bridgehead atoms. The summed E-state index contributed by atoms with van der Waals surface area (Å²) < 4.78 is 17.0. The average Bonchev–Trinajstić information content (AvgIpc) is 2.89. The molecule has 1 aromatic carbocycles. The van der Waals surface area contributed by atoms with Gasteiger partial charge in [-0.05, 0) is 63.4 Å². The lowest BCUT2D eigenvalue weighted by atomic mass is 9.86. The van der Waals surface area contributed by atoms with Crippen molar-refractivity contribution in [3.63, 3.8) is 0 Å². The van der Waals surface area contributed by atoms with Crippen LogP contribution in [0, 0.1) is 5.92 Å². The molecule has 0 aliphatic heterocycles. The highest BCUT2D eigenvalue weighted by molar-refractivity contribution is 5.76. The van der Waals surface area contributed by atoms with Crippen LogP contribution in [0.2, 0.25) is 0 Å². The Morgan fingerprint density at radius 3 is 2.14 bits per heavy atom. The number of nitrogens with one attached hydrogen (secondary N) is 2. The van der Waals surface area contributed by atoms with Crippen LogP contribution in [-0.2, 0) is 30.4 Å². The molecule has 0 saturated heterocycles. The lowest BCUT2D eigenvalue weighted by molar-refractivity contribution is -0.142. The molecule has 2 amide bonds. The zero-order chi connectivity index (χ0) is 25.6. The highest BCUT2D eigenvalue weighted by atomic mass is 16.5. The Bertz CT molecular complexity index is 804. The molecule has 2 fully saturated rings. The van der Waals surface area contributed by atoms with Gasteiger partial charge in [0.1, 0.15) is 6.61 Å². The lowest BCUT2D eigenvalue weighted by Crippen LogP contribution is -2.38. The fourth-order valence-corrected chi connectivity index (χ4v) is 4.79. The number of carbonyl (C=O) groups excluding carboxylic acids is 2. The maximum Gasteiger partial charge on any atom is 0.407 e. The Hall–Kier alpha value is -2.65. The van der Waals surface area contributed by atoms with Crippen LogP contribution in [0.15, 0.2) is 30.3 Å². The monoisotopic (exact) mass is 504 g/mol. The Morgan fingerprint density at radius 1 is 0.861 bits per heavy atom. The Balaban J connectivity index is 1.14. The van der Waals surface area contributed by atoms with Gasteiger partial charge in [0, 0.05) is 25.6 Å². The molecule has 1 aromatic rings. The van der Waals surface area contributed by atoms with Gasteiger partial charge in [-0.2, -0.15) is 0 Å². The van der Waals surface area contributed by atoms with Gasteiger partial charge in [-0.1, -0.05) is 30.3 Å². The highest BCUT2D eigenvalue weighted by Gasteiger charge is 2.26. The molecule has 0 heterocycles. The average molecular weight is 505 g/mol. The Labute approximate surface area is 213 Å². The van der Waals surface area contributed by atoms with Gasteiger partial charge in [-0.15, -0.1) is 0 Å². The quantitative estimate of drug-likeness (QED) is 0.349. The van der Waals surface area contributed by atoms with E-state index in [4.69, 9.17) is 19.3 Å². The number of benzene rings is 1. The summed E-state index contributed by atoms with van der Waals surface area (Å²) in [6.07, 6.45) is 7.46. The zero-order valence-corrected chi connectivity index (χ0v) is 21.0. The number of alkyl carbamates (subject to hydrolysis) is 1. The number of carboxylic acid groups (broad SMARTS) is 1. The number of hydrogen-bond acceptors (Lipinski definition) is 6. The van der Waals surface area contributed by atoms with Crippen molar-refractivity contribution in [1.82, 2.24) is 10.6 Å². The number of hydrogen-bond donors (Lipinski definition) is 3. The van der Waals surface area contributed by atoms with E-state index >= 15 is 0 Å². The van der Waals surface area contributed by atoms with E-state index in [0.717, 1.165) is 44.1 Å². The summed E-state index contributed by atoms with van der Waals surface area (Å²) in [6, 6.07) is 9.64. The zero-order valence-electron chi connectivity index (χ0n) is 21.0. The van der Waals surface area contributed by atoms with E-state index in [9.17, 15) is 14.4 Å². The van der Waals surface area contributed by atoms with E-state index in [0.29, 0.717) is 45.4 Å². The van der Waals surface area contributed by atoms with E-state index in [1.165, 1.54) is 0 Å². The maximum atomic E-state index is 12.2. The van der Waals surface area contributed by atoms with E-state index in [1.807, 2.05) is 30.3 Å². The van der Waals surface area contributed by atoms with Crippen molar-refractivity contribution < 1.29 is 33.7 Å². The Kier molecular flexibility index (Phi) is 12.0. The van der Waals surface area contributed by atoms with Crippen molar-refractivity contribution in [3.05, 3.63) is 35.9 Å². The van der Waals surface area contributed by atoms with Gasteiger partial charge < -0.3 is 30.0 Å². The first kappa shape index (κ1) is 27.9. The highest BCUT2D eigenvalue weighted by Crippen LogP contribution is 2.25. The smallest absolute Gasteiger partial charge is 0.407 e. The van der Waals surface area contributed by atoms with Gasteiger partial charge in [0.25, 0.3) is 0 Å². The summed E-state index contributed by atoms with van der Waals surface area (Å²) in [7, 11) is 0. The van der Waals surface area contributed by atoms with E-state index in [1.54, 1.807) is 0 Å². The van der Waals surface area contributed by atoms with Crippen LogP contribution >= 0.6 is 0 Å². The molecular weight excluding hydrogens is 464 g/mol. The van der Waals surface area contributed by atoms with Gasteiger partial charge in [-0.3, -0.25) is 9.59 Å². The van der Waals surface area contributed by atoms with Crippen molar-refractivity contribution in [2.24, 2.45) is 5.92 Å². The Morgan fingerprint density at radius 2 is 1.50 bits per heavy atom. The minimum absolute atomic E-state index is 0.0204. The fraction of sp³-hybridized carbons (Fsp3) is 0.667. The fourth-order valence-electron chi connectivity index (χ4n) is 4.79. The van der Waals surface area contributed by atoms with Crippen molar-refractivity contribution in [1.29, 1.82) is 0 Å². The number of carboxylic acids is 1. The molecule has 0 aromatic heterocycles. The van der Waals surface area contributed by atoms with Crippen LogP contribution < -0.4 is 10.6 Å². The number of amides is 2. The predicted molar refractivity (Wildman–Crippen MR) is 133 cm³/mol. The number of carbonyl (C=O) groups is 3. The first-order chi connectivity index (χ1) is 17.5. The molecule has 36 heavy (non-hydrogen) atoms. The van der Waals surface area contributed by atoms with Crippen molar-refractivity contribution in [2.75, 3.05) is 19.8 Å². The van der Waals surface area contributed by atoms with Crippen molar-refractivity contribution in [2.45, 2.75) is 89.1 Å². The van der Waals surface area contributed by atoms with Crippen LogP contribution in [-0.4, -0.2) is 61.1 Å². The molecule has 0 radical (unpaired) electrons. The van der Waals surface area contributed by atoms with Gasteiger partial charge >= 0.3 is 12.1 Å². The number of ether oxygens (including phenoxy) is 3. The van der Waals surface area contributed by atoms with E-state index < -0.39 is 12.1 Å². The normalized spacial score (nSPS) is 24.0. The van der Waals surface area contributed by atoms with Gasteiger partial charge in [0.05, 0.1) is 24.7 Å². The molecule has 0 unspecified atom stereocenters. The molecule has 2 aliphatic carbocycles. The molecular formula is C27H40N2O7. The van der Waals surface area contributed by atoms with Gasteiger partial charge in [0.2, 0.25) is 5.91 Å². The summed E-state index contributed by atoms with van der Waals surface area (Å²) in [6.45, 7) is 1.67. The van der Waals surface area contributed by atoms with Gasteiger partial charge in [-0.25, -0.2) is 4.79 Å². The van der Waals surface area contributed by atoms with Crippen LogP contribution in [0.3, 0.4) is 0 Å². The topological polar surface area (TPSA) is 123 Å². The number of rotatable bonds is 13. The van der Waals surface area contributed by atoms with Crippen molar-refractivity contribution >= 4 is 18.0 Å². The SMILES string of the molecule is O=C(CCCOC1CCC(OCCNC(=O)OCc2ccccc2)CC1)NC1CCC(C(=O)O)CC1. The summed E-state index contributed by atoms with van der Waals surface area (Å²) in [4.78, 5) is 34.9. The van der Waals surface area contributed by atoms with E-state index in [2.05, 4.69) is 10.6 Å². The van der Waals surface area contributed by atoms with Gasteiger partial charge in [0.15, 0.2) is 0 Å². The molecule has 0 atom stereocenters. The largest absolute Gasteiger partial charge is 0.481 e. The first-order valence-corrected chi connectivity index (χ1v) is 13.2. The molecule has 9 nitrogen and oxygen atoms in total. The molecule has 2 saturated carbocycles. The summed E-state index contributed by atoms with van der Waals surface area (Å²) >= 11 is 0. The van der Waals surface area contributed by atoms with Crippen LogP contribution in [0.5, 0.6) is 0 Å². The predicted octanol–water partition coefficient (Wildman–Crippen LogP) is 3.80. The van der Waals surface area contributed by atoms with E-state index in [-0.39, 0.29) is 36.7 Å². The molecule has 9 heteroatoms. The van der Waals surface area contributed by atoms with Crippen LogP contribution in [0.1, 0.15) is 69.8 Å². The third-order valence-corrected chi connectivity index (χ3v) is 6.90. The molecule has 3 rings (SSSR count). The second kappa shape index (κ2) is 15.5. The third-order valence-electron chi connectivity index (χ3n) is 6.90. The molecule has 0 spiro atoms. The lowest BCUT2D eigenvalue weighted by Gasteiger charge is -2.29. The minimum atomic E-state index is -0.730. The third kappa shape index (κ3) is 10.5. The second-order valence-corrected chi connectivity index (χ2v) is 9.69. The summed E-state index contributed by atoms with van der Waals surface area (Å²) in [5.41, 5.74) is 0.947. The standard InChI is InChI=1S/C27H40N2O7/c30-25(29-22-10-8-21(9-11-22)26(31)32)7-4-17-34-23-12-14-24(15-13-23)35-18-16-28-27(33)36-19-20-5-2-1-3-6-20/h1-3,5-6,21-24H,4,7-19H2,(H,28,33)(H,29,30)(H,31,32). The van der Waals surface area contributed by atoms with Crippen molar-refractivity contribution in [3.8, 4) is 0 Å². The second-order valence-electron chi connectivity index (χ2n) is 9.69. The first-order valence-electron chi connectivity index (χ1n) is 13.2. The summed E-state index contributed by atoms with van der Waals surface area (Å²) in [5, 5.41) is 14.8. The van der Waals surface area contributed by atoms with Crippen LogP contribution in [0.4, 0.5) is 4.79 Å². The van der Waals surface area contributed by atoms with Crippen LogP contribution in [0.25, 0.3) is 0 Å². The maximum absolute atomic E-state index is 12.2. The molecule has 2 aliphatic rings. The number of aliphatic carboxylic acids is 1. The minimum Gasteiger partial charge on any atom is -0.481 e. The molecule has 3 N–H and O–H groups in total.